The van der Waals surface area contributed by atoms with Crippen LogP contribution in [-0.2, 0) is 6.54 Å². The van der Waals surface area contributed by atoms with Gasteiger partial charge < -0.3 is 15.1 Å². The van der Waals surface area contributed by atoms with E-state index in [1.807, 2.05) is 18.5 Å². The Bertz CT molecular complexity index is 300. The van der Waals surface area contributed by atoms with E-state index >= 15 is 0 Å². The van der Waals surface area contributed by atoms with E-state index in [0.717, 1.165) is 32.7 Å². The van der Waals surface area contributed by atoms with Crippen molar-refractivity contribution in [2.24, 2.45) is 0 Å². The number of aromatic nitrogens is 1. The van der Waals surface area contributed by atoms with Gasteiger partial charge >= 0.3 is 0 Å². The predicted octanol–water partition coefficient (Wildman–Crippen LogP) is 1.05. The van der Waals surface area contributed by atoms with E-state index < -0.39 is 0 Å². The van der Waals surface area contributed by atoms with Crippen LogP contribution in [0.3, 0.4) is 0 Å². The SMILES string of the molecule is CN(C)CCCN(C)CCNCc1cccnc1. The molecule has 0 saturated heterocycles. The Hall–Kier alpha value is -0.970. The summed E-state index contributed by atoms with van der Waals surface area (Å²) in [6, 6.07) is 4.07. The number of pyridine rings is 1. The van der Waals surface area contributed by atoms with Crippen LogP contribution in [0, 0.1) is 0 Å². The normalized spacial score (nSPS) is 11.4. The van der Waals surface area contributed by atoms with Gasteiger partial charge in [-0.1, -0.05) is 6.07 Å². The molecule has 102 valence electrons. The maximum atomic E-state index is 4.10. The number of likely N-dealkylation sites (N-methyl/N-ethyl adjacent to an activating group) is 1. The molecular weight excluding hydrogens is 224 g/mol. The fourth-order valence-electron chi connectivity index (χ4n) is 1.77. The fraction of sp³-hybridized carbons (Fsp3) is 0.643. The van der Waals surface area contributed by atoms with Crippen molar-refractivity contribution in [1.29, 1.82) is 0 Å². The molecule has 0 aromatic carbocycles. The van der Waals surface area contributed by atoms with Crippen molar-refractivity contribution >= 4 is 0 Å². The lowest BCUT2D eigenvalue weighted by atomic mass is 10.3. The third kappa shape index (κ3) is 7.37. The van der Waals surface area contributed by atoms with Gasteiger partial charge in [0, 0.05) is 32.0 Å². The Morgan fingerprint density at radius 3 is 2.67 bits per heavy atom. The second-order valence-electron chi connectivity index (χ2n) is 5.00. The molecule has 1 rings (SSSR count). The molecule has 0 saturated carbocycles. The Kier molecular flexibility index (Phi) is 7.57. The third-order valence-corrected chi connectivity index (χ3v) is 2.87. The summed E-state index contributed by atoms with van der Waals surface area (Å²) in [4.78, 5) is 8.71. The standard InChI is InChI=1S/C14H26N4/c1-17(2)9-5-10-18(3)11-8-16-13-14-6-4-7-15-12-14/h4,6-7,12,16H,5,8-11,13H2,1-3H3. The molecule has 1 heterocycles. The van der Waals surface area contributed by atoms with E-state index in [0.29, 0.717) is 0 Å². The zero-order valence-corrected chi connectivity index (χ0v) is 11.9. The van der Waals surface area contributed by atoms with Gasteiger partial charge in [0.2, 0.25) is 0 Å². The summed E-state index contributed by atoms with van der Waals surface area (Å²) in [5, 5.41) is 3.44. The third-order valence-electron chi connectivity index (χ3n) is 2.87. The summed E-state index contributed by atoms with van der Waals surface area (Å²) in [7, 11) is 6.42. The number of hydrogen-bond acceptors (Lipinski definition) is 4. The summed E-state index contributed by atoms with van der Waals surface area (Å²) in [6.45, 7) is 5.33. The van der Waals surface area contributed by atoms with Crippen molar-refractivity contribution in [2.45, 2.75) is 13.0 Å². The van der Waals surface area contributed by atoms with Crippen LogP contribution < -0.4 is 5.32 Å². The van der Waals surface area contributed by atoms with Crippen LogP contribution >= 0.6 is 0 Å². The molecule has 0 spiro atoms. The van der Waals surface area contributed by atoms with E-state index in [9.17, 15) is 0 Å². The average molecular weight is 250 g/mol. The molecule has 0 amide bonds. The van der Waals surface area contributed by atoms with Crippen LogP contribution in [0.4, 0.5) is 0 Å². The van der Waals surface area contributed by atoms with Crippen molar-refractivity contribution < 1.29 is 0 Å². The minimum atomic E-state index is 0.902. The number of nitrogens with one attached hydrogen (secondary N) is 1. The monoisotopic (exact) mass is 250 g/mol. The van der Waals surface area contributed by atoms with Crippen LogP contribution in [0.5, 0.6) is 0 Å². The highest BCUT2D eigenvalue weighted by atomic mass is 15.1. The Morgan fingerprint density at radius 2 is 2.00 bits per heavy atom. The molecule has 0 fully saturated rings. The van der Waals surface area contributed by atoms with Crippen molar-refractivity contribution in [2.75, 3.05) is 47.3 Å². The lowest BCUT2D eigenvalue weighted by Crippen LogP contribution is -2.31. The van der Waals surface area contributed by atoms with Crippen LogP contribution in [-0.4, -0.2) is 62.1 Å². The second-order valence-corrected chi connectivity index (χ2v) is 5.00. The number of rotatable bonds is 9. The Morgan fingerprint density at radius 1 is 1.17 bits per heavy atom. The van der Waals surface area contributed by atoms with E-state index in [1.165, 1.54) is 12.0 Å². The van der Waals surface area contributed by atoms with Gasteiger partial charge in [0.25, 0.3) is 0 Å². The van der Waals surface area contributed by atoms with Gasteiger partial charge in [-0.05, 0) is 52.3 Å². The van der Waals surface area contributed by atoms with Crippen molar-refractivity contribution in [3.05, 3.63) is 30.1 Å². The molecule has 0 aliphatic rings. The number of hydrogen-bond donors (Lipinski definition) is 1. The van der Waals surface area contributed by atoms with Gasteiger partial charge in [-0.2, -0.15) is 0 Å². The average Bonchev–Trinajstić information content (AvgIpc) is 2.35. The van der Waals surface area contributed by atoms with E-state index in [4.69, 9.17) is 0 Å². The molecule has 1 N–H and O–H groups in total. The Labute approximate surface area is 111 Å². The highest BCUT2D eigenvalue weighted by molar-refractivity contribution is 5.07. The maximum Gasteiger partial charge on any atom is 0.0312 e. The minimum Gasteiger partial charge on any atom is -0.311 e. The lowest BCUT2D eigenvalue weighted by molar-refractivity contribution is 0.299. The smallest absolute Gasteiger partial charge is 0.0312 e. The van der Waals surface area contributed by atoms with Crippen LogP contribution in [0.15, 0.2) is 24.5 Å². The van der Waals surface area contributed by atoms with Crippen molar-refractivity contribution in [3.8, 4) is 0 Å². The largest absolute Gasteiger partial charge is 0.311 e. The summed E-state index contributed by atoms with van der Waals surface area (Å²) in [5.41, 5.74) is 1.24. The van der Waals surface area contributed by atoms with Gasteiger partial charge in [0.05, 0.1) is 0 Å². The van der Waals surface area contributed by atoms with Crippen LogP contribution in [0.2, 0.25) is 0 Å². The molecule has 0 radical (unpaired) electrons. The zero-order valence-electron chi connectivity index (χ0n) is 11.9. The van der Waals surface area contributed by atoms with Gasteiger partial charge in [-0.25, -0.2) is 0 Å². The summed E-state index contributed by atoms with van der Waals surface area (Å²) >= 11 is 0. The van der Waals surface area contributed by atoms with Gasteiger partial charge in [0.15, 0.2) is 0 Å². The van der Waals surface area contributed by atoms with Crippen molar-refractivity contribution in [1.82, 2.24) is 20.1 Å². The summed E-state index contributed by atoms with van der Waals surface area (Å²) in [6.07, 6.45) is 4.95. The first-order chi connectivity index (χ1) is 8.68. The second kappa shape index (κ2) is 9.03. The molecule has 0 atom stereocenters. The molecule has 1 aromatic heterocycles. The molecule has 1 aromatic rings. The summed E-state index contributed by atoms with van der Waals surface area (Å²) < 4.78 is 0. The molecule has 0 bridgehead atoms. The molecule has 4 nitrogen and oxygen atoms in total. The minimum absolute atomic E-state index is 0.902. The topological polar surface area (TPSA) is 31.4 Å². The first kappa shape index (κ1) is 15.1. The Balaban J connectivity index is 2.00. The molecule has 0 aliphatic carbocycles. The highest BCUT2D eigenvalue weighted by Gasteiger charge is 1.98. The van der Waals surface area contributed by atoms with Gasteiger partial charge in [-0.3, -0.25) is 4.98 Å². The molecular formula is C14H26N4. The highest BCUT2D eigenvalue weighted by Crippen LogP contribution is 1.94. The fourth-order valence-corrected chi connectivity index (χ4v) is 1.77. The first-order valence-electron chi connectivity index (χ1n) is 6.61. The predicted molar refractivity (Wildman–Crippen MR) is 76.6 cm³/mol. The molecule has 0 aliphatic heterocycles. The quantitative estimate of drug-likeness (QED) is 0.664. The van der Waals surface area contributed by atoms with E-state index in [1.54, 1.807) is 0 Å². The molecule has 4 heteroatoms. The van der Waals surface area contributed by atoms with Crippen molar-refractivity contribution in [3.63, 3.8) is 0 Å². The maximum absolute atomic E-state index is 4.10. The van der Waals surface area contributed by atoms with Gasteiger partial charge in [0.1, 0.15) is 0 Å². The van der Waals surface area contributed by atoms with E-state index in [2.05, 4.69) is 47.3 Å². The van der Waals surface area contributed by atoms with Crippen LogP contribution in [0.1, 0.15) is 12.0 Å². The molecule has 0 unspecified atom stereocenters. The van der Waals surface area contributed by atoms with Gasteiger partial charge in [-0.15, -0.1) is 0 Å². The summed E-state index contributed by atoms with van der Waals surface area (Å²) in [5.74, 6) is 0. The van der Waals surface area contributed by atoms with Crippen LogP contribution in [0.25, 0.3) is 0 Å². The first-order valence-corrected chi connectivity index (χ1v) is 6.61. The van der Waals surface area contributed by atoms with E-state index in [-0.39, 0.29) is 0 Å². The zero-order chi connectivity index (χ0) is 13.2. The lowest BCUT2D eigenvalue weighted by Gasteiger charge is -2.18. The number of nitrogens with zero attached hydrogens (tertiary/aromatic N) is 3. The molecule has 18 heavy (non-hydrogen) atoms.